The molecule has 1 aromatic heterocycles. The molecule has 0 fully saturated rings. The largest absolute Gasteiger partial charge is 0.335 e. The first-order valence-electron chi connectivity index (χ1n) is 8.72. The van der Waals surface area contributed by atoms with Crippen molar-refractivity contribution in [1.82, 2.24) is 20.6 Å². The smallest absolute Gasteiger partial charge is 0.232 e. The van der Waals surface area contributed by atoms with Gasteiger partial charge in [0.05, 0.1) is 5.92 Å². The highest BCUT2D eigenvalue weighted by atomic mass is 16.1. The Bertz CT molecular complexity index is 872. The molecule has 6 nitrogen and oxygen atoms in total. The number of tetrazole rings is 1. The van der Waals surface area contributed by atoms with E-state index in [-0.39, 0.29) is 5.91 Å². The molecule has 1 N–H and O–H groups in total. The second-order valence-corrected chi connectivity index (χ2v) is 6.40. The summed E-state index contributed by atoms with van der Waals surface area (Å²) in [6.45, 7) is 6.13. The molecule has 3 aromatic rings. The van der Waals surface area contributed by atoms with Crippen LogP contribution < -0.4 is 10.4 Å². The Morgan fingerprint density at radius 2 is 1.85 bits per heavy atom. The molecule has 26 heavy (non-hydrogen) atoms. The standard InChI is InChI=1S/C20H23N5O/c1-4-15-8-10-16(11-9-15)12-17(19-22-24-25-23-19)20(26)21-18-7-5-6-13(2)14(18)3/h5-11,17H,4,12H2,1-3H3,(H2,21,22,23,24,25,26)/p-1/t17-/m1/s1. The third kappa shape index (κ3) is 3.96. The lowest BCUT2D eigenvalue weighted by Gasteiger charge is -2.18. The Labute approximate surface area is 153 Å². The molecule has 0 aliphatic carbocycles. The zero-order valence-electron chi connectivity index (χ0n) is 15.2. The third-order valence-corrected chi connectivity index (χ3v) is 4.70. The van der Waals surface area contributed by atoms with Crippen molar-refractivity contribution in [3.8, 4) is 0 Å². The van der Waals surface area contributed by atoms with E-state index in [1.807, 2.05) is 44.2 Å². The van der Waals surface area contributed by atoms with Crippen LogP contribution in [0.5, 0.6) is 0 Å². The highest BCUT2D eigenvalue weighted by Gasteiger charge is 2.21. The highest BCUT2D eigenvalue weighted by Crippen LogP contribution is 2.23. The normalized spacial score (nSPS) is 12.0. The number of benzene rings is 2. The van der Waals surface area contributed by atoms with Crippen molar-refractivity contribution in [2.45, 2.75) is 39.5 Å². The number of carbonyl (C=O) groups is 1. The van der Waals surface area contributed by atoms with E-state index in [2.05, 4.69) is 45.0 Å². The van der Waals surface area contributed by atoms with Gasteiger partial charge >= 0.3 is 0 Å². The van der Waals surface area contributed by atoms with Crippen molar-refractivity contribution in [2.75, 3.05) is 5.32 Å². The Morgan fingerprint density at radius 3 is 2.50 bits per heavy atom. The number of hydrogen-bond acceptors (Lipinski definition) is 4. The first kappa shape index (κ1) is 17.8. The van der Waals surface area contributed by atoms with Crippen LogP contribution in [-0.2, 0) is 17.6 Å². The number of anilines is 1. The molecule has 2 aromatic carbocycles. The molecule has 1 amide bonds. The fraction of sp³-hybridized carbons (Fsp3) is 0.300. The van der Waals surface area contributed by atoms with Gasteiger partial charge in [-0.05, 0) is 55.0 Å². The minimum atomic E-state index is -0.544. The predicted molar refractivity (Wildman–Crippen MR) is 100.0 cm³/mol. The molecule has 1 atom stereocenters. The minimum Gasteiger partial charge on any atom is -0.335 e. The summed E-state index contributed by atoms with van der Waals surface area (Å²) >= 11 is 0. The third-order valence-electron chi connectivity index (χ3n) is 4.70. The van der Waals surface area contributed by atoms with Crippen LogP contribution in [0, 0.1) is 13.8 Å². The van der Waals surface area contributed by atoms with E-state index in [0.29, 0.717) is 12.2 Å². The summed E-state index contributed by atoms with van der Waals surface area (Å²) in [5.74, 6) is -0.363. The zero-order chi connectivity index (χ0) is 18.5. The summed E-state index contributed by atoms with van der Waals surface area (Å²) in [6.07, 6.45) is 1.48. The van der Waals surface area contributed by atoms with Gasteiger partial charge in [-0.2, -0.15) is 5.21 Å². The number of aromatic nitrogens is 4. The number of rotatable bonds is 6. The maximum absolute atomic E-state index is 13.0. The molecule has 6 heteroatoms. The molecule has 1 heterocycles. The predicted octanol–water partition coefficient (Wildman–Crippen LogP) is 2.97. The van der Waals surface area contributed by atoms with Crippen LogP contribution in [0.25, 0.3) is 0 Å². The van der Waals surface area contributed by atoms with E-state index in [1.165, 1.54) is 5.56 Å². The van der Waals surface area contributed by atoms with E-state index in [1.54, 1.807) is 0 Å². The summed E-state index contributed by atoms with van der Waals surface area (Å²) in [5, 5.41) is 17.9. The lowest BCUT2D eigenvalue weighted by molar-refractivity contribution is -0.117. The molecule has 3 rings (SSSR count). The molecule has 0 saturated heterocycles. The first-order valence-corrected chi connectivity index (χ1v) is 8.72. The monoisotopic (exact) mass is 348 g/mol. The van der Waals surface area contributed by atoms with Crippen LogP contribution in [0.4, 0.5) is 5.69 Å². The van der Waals surface area contributed by atoms with Gasteiger partial charge in [0.25, 0.3) is 0 Å². The van der Waals surface area contributed by atoms with Gasteiger partial charge in [-0.15, -0.1) is 0 Å². The van der Waals surface area contributed by atoms with Gasteiger partial charge in [-0.3, -0.25) is 15.1 Å². The van der Waals surface area contributed by atoms with E-state index in [0.717, 1.165) is 28.8 Å². The quantitative estimate of drug-likeness (QED) is 0.740. The minimum absolute atomic E-state index is 0.159. The summed E-state index contributed by atoms with van der Waals surface area (Å²) in [5.41, 5.74) is 5.29. The summed E-state index contributed by atoms with van der Waals surface area (Å²) in [7, 11) is 0. The van der Waals surface area contributed by atoms with Crippen LogP contribution in [-0.4, -0.2) is 21.4 Å². The number of amides is 1. The van der Waals surface area contributed by atoms with E-state index < -0.39 is 5.92 Å². The molecule has 0 bridgehead atoms. The lowest BCUT2D eigenvalue weighted by atomic mass is 9.96. The summed E-state index contributed by atoms with van der Waals surface area (Å²) in [6, 6.07) is 14.1. The van der Waals surface area contributed by atoms with Gasteiger partial charge < -0.3 is 10.4 Å². The van der Waals surface area contributed by atoms with Gasteiger partial charge in [0, 0.05) is 11.5 Å². The molecule has 0 spiro atoms. The van der Waals surface area contributed by atoms with E-state index in [9.17, 15) is 4.79 Å². The molecule has 0 radical (unpaired) electrons. The maximum atomic E-state index is 13.0. The van der Waals surface area contributed by atoms with E-state index in [4.69, 9.17) is 0 Å². The van der Waals surface area contributed by atoms with Crippen LogP contribution >= 0.6 is 0 Å². The molecule has 134 valence electrons. The fourth-order valence-corrected chi connectivity index (χ4v) is 2.85. The fourth-order valence-electron chi connectivity index (χ4n) is 2.85. The molecule has 0 saturated carbocycles. The highest BCUT2D eigenvalue weighted by molar-refractivity contribution is 5.96. The van der Waals surface area contributed by atoms with Crippen molar-refractivity contribution >= 4 is 11.6 Å². The Balaban J connectivity index is 1.83. The van der Waals surface area contributed by atoms with Gasteiger partial charge in [0.15, 0.2) is 0 Å². The number of hydrogen-bond donors (Lipinski definition) is 1. The van der Waals surface area contributed by atoms with Gasteiger partial charge in [0.1, 0.15) is 0 Å². The van der Waals surface area contributed by atoms with Crippen LogP contribution in [0.3, 0.4) is 0 Å². The van der Waals surface area contributed by atoms with Crippen LogP contribution in [0.15, 0.2) is 42.5 Å². The number of carbonyl (C=O) groups excluding carboxylic acids is 1. The van der Waals surface area contributed by atoms with Crippen molar-refractivity contribution in [1.29, 1.82) is 0 Å². The zero-order valence-corrected chi connectivity index (χ0v) is 15.2. The van der Waals surface area contributed by atoms with Crippen LogP contribution in [0.1, 0.15) is 40.9 Å². The average molecular weight is 348 g/mol. The maximum Gasteiger partial charge on any atom is 0.232 e. The topological polar surface area (TPSA) is 81.9 Å². The summed E-state index contributed by atoms with van der Waals surface area (Å²) in [4.78, 5) is 13.0. The van der Waals surface area contributed by atoms with Gasteiger partial charge in [0.2, 0.25) is 5.91 Å². The lowest BCUT2D eigenvalue weighted by Crippen LogP contribution is -2.25. The van der Waals surface area contributed by atoms with Gasteiger partial charge in [-0.1, -0.05) is 43.3 Å². The number of aryl methyl sites for hydroxylation is 2. The van der Waals surface area contributed by atoms with Crippen molar-refractivity contribution < 1.29 is 4.79 Å². The van der Waals surface area contributed by atoms with Crippen molar-refractivity contribution in [3.63, 3.8) is 0 Å². The SMILES string of the molecule is CCc1ccc(C[C@@H](C(=O)Nc2cccc(C)c2C)c2nnn[n-]2)cc1. The number of nitrogens with zero attached hydrogens (tertiary/aromatic N) is 4. The Morgan fingerprint density at radius 1 is 1.12 bits per heavy atom. The number of nitrogens with one attached hydrogen (secondary N) is 1. The Hall–Kier alpha value is -3.02. The molecular formula is C20H22N5O-. The van der Waals surface area contributed by atoms with Crippen LogP contribution in [0.2, 0.25) is 0 Å². The second kappa shape index (κ2) is 7.91. The first-order chi connectivity index (χ1) is 12.6. The molecular weight excluding hydrogens is 326 g/mol. The molecule has 0 aliphatic heterocycles. The second-order valence-electron chi connectivity index (χ2n) is 6.40. The molecule has 0 unspecified atom stereocenters. The van der Waals surface area contributed by atoms with Gasteiger partial charge in [-0.25, -0.2) is 0 Å². The summed E-state index contributed by atoms with van der Waals surface area (Å²) < 4.78 is 0. The average Bonchev–Trinajstić information content (AvgIpc) is 3.18. The van der Waals surface area contributed by atoms with Crippen molar-refractivity contribution in [3.05, 3.63) is 70.5 Å². The van der Waals surface area contributed by atoms with E-state index >= 15 is 0 Å². The Kier molecular flexibility index (Phi) is 5.41. The molecule has 0 aliphatic rings. The van der Waals surface area contributed by atoms with Crippen molar-refractivity contribution in [2.24, 2.45) is 0 Å².